The molecule has 0 fully saturated rings. The van der Waals surface area contributed by atoms with Gasteiger partial charge in [-0.05, 0) is 64.6 Å². The number of benzene rings is 4. The Morgan fingerprint density at radius 3 is 1.74 bits per heavy atom. The van der Waals surface area contributed by atoms with E-state index in [1.54, 1.807) is 6.92 Å². The monoisotopic (exact) mass is 504 g/mol. The molecule has 0 aliphatic heterocycles. The van der Waals surface area contributed by atoms with E-state index in [0.29, 0.717) is 17.1 Å². The van der Waals surface area contributed by atoms with Crippen molar-refractivity contribution in [3.63, 3.8) is 0 Å². The summed E-state index contributed by atoms with van der Waals surface area (Å²) in [5.74, 6) is 0.908. The maximum atomic E-state index is 11.6. The molecule has 5 heteroatoms. The van der Waals surface area contributed by atoms with Crippen LogP contribution in [-0.2, 0) is 19.7 Å². The number of fused-ring (bicyclic) bond motifs is 3. The van der Waals surface area contributed by atoms with Crippen molar-refractivity contribution in [2.24, 2.45) is 0 Å². The van der Waals surface area contributed by atoms with E-state index in [9.17, 15) is 9.59 Å². The van der Waals surface area contributed by atoms with E-state index in [4.69, 9.17) is 14.2 Å². The lowest BCUT2D eigenvalue weighted by Crippen LogP contribution is -2.28. The average molecular weight is 505 g/mol. The summed E-state index contributed by atoms with van der Waals surface area (Å²) in [5.41, 5.74) is 6.79. The molecule has 0 spiro atoms. The summed E-state index contributed by atoms with van der Waals surface area (Å²) in [6, 6.07) is 33.0. The molecule has 0 amide bonds. The van der Waals surface area contributed by atoms with E-state index >= 15 is 0 Å². The molecule has 4 aromatic carbocycles. The van der Waals surface area contributed by atoms with Crippen LogP contribution in [0.5, 0.6) is 11.5 Å². The Morgan fingerprint density at radius 1 is 0.737 bits per heavy atom. The number of hydrogen-bond acceptors (Lipinski definition) is 5. The third-order valence-corrected chi connectivity index (χ3v) is 6.78. The quantitative estimate of drug-likeness (QED) is 0.0992. The predicted octanol–water partition coefficient (Wildman–Crippen LogP) is 6.13. The molecule has 0 aromatic heterocycles. The zero-order valence-corrected chi connectivity index (χ0v) is 21.2. The summed E-state index contributed by atoms with van der Waals surface area (Å²) < 4.78 is 16.5. The molecule has 4 aromatic rings. The highest BCUT2D eigenvalue weighted by atomic mass is 16.6. The van der Waals surface area contributed by atoms with Crippen LogP contribution in [0.1, 0.15) is 29.2 Å². The highest BCUT2D eigenvalue weighted by Gasteiger charge is 2.45. The van der Waals surface area contributed by atoms with Crippen molar-refractivity contribution >= 4 is 12.3 Å². The Balaban J connectivity index is 1.54. The Kier molecular flexibility index (Phi) is 7.09. The van der Waals surface area contributed by atoms with Gasteiger partial charge in [0.1, 0.15) is 31.3 Å². The maximum absolute atomic E-state index is 11.6. The highest BCUT2D eigenvalue weighted by Crippen LogP contribution is 2.56. The number of ether oxygens (including phenoxy) is 3. The number of hydrogen-bond donors (Lipinski definition) is 0. The lowest BCUT2D eigenvalue weighted by Gasteiger charge is -2.34. The van der Waals surface area contributed by atoms with Gasteiger partial charge in [0.25, 0.3) is 0 Å². The first-order valence-corrected chi connectivity index (χ1v) is 12.5. The second-order valence-corrected chi connectivity index (χ2v) is 9.13. The fourth-order valence-electron chi connectivity index (χ4n) is 5.17. The van der Waals surface area contributed by atoms with Gasteiger partial charge in [-0.2, -0.15) is 0 Å². The minimum Gasteiger partial charge on any atom is -0.490 e. The standard InChI is InChI=1S/C33H28O5/c1-23(2)32(35)38-22-21-37-27-17-13-25(14-18-27)33(24-11-15-26(16-12-24)36-20-19-34)30-9-5-3-7-28(30)29-8-4-6-10-31(29)33/h3-19H,1,20-22H2,2H3. The number of rotatable bonds is 10. The minimum absolute atomic E-state index is 0.0179. The number of aldehydes is 1. The molecule has 0 radical (unpaired) electrons. The summed E-state index contributed by atoms with van der Waals surface area (Å²) in [5, 5.41) is 0. The maximum Gasteiger partial charge on any atom is 0.333 e. The third-order valence-electron chi connectivity index (χ3n) is 6.78. The molecule has 1 aliphatic rings. The Hall–Kier alpha value is -4.64. The first-order valence-electron chi connectivity index (χ1n) is 12.5. The molecule has 0 bridgehead atoms. The second kappa shape index (κ2) is 10.8. The van der Waals surface area contributed by atoms with Crippen LogP contribution in [0.2, 0.25) is 0 Å². The summed E-state index contributed by atoms with van der Waals surface area (Å²) in [7, 11) is 0. The van der Waals surface area contributed by atoms with Crippen LogP contribution < -0.4 is 9.47 Å². The molecule has 0 atom stereocenters. The molecule has 0 N–H and O–H groups in total. The van der Waals surface area contributed by atoms with Gasteiger partial charge >= 0.3 is 5.97 Å². The van der Waals surface area contributed by atoms with Gasteiger partial charge in [0.2, 0.25) is 0 Å². The van der Waals surface area contributed by atoms with Gasteiger partial charge in [0.15, 0.2) is 6.29 Å². The van der Waals surface area contributed by atoms with Crippen LogP contribution in [0, 0.1) is 0 Å². The Labute approximate surface area is 222 Å². The van der Waals surface area contributed by atoms with Crippen molar-refractivity contribution in [1.29, 1.82) is 0 Å². The zero-order valence-electron chi connectivity index (χ0n) is 21.2. The lowest BCUT2D eigenvalue weighted by molar-refractivity contribution is -0.139. The molecule has 1 aliphatic carbocycles. The Bertz CT molecular complexity index is 1420. The van der Waals surface area contributed by atoms with E-state index in [1.165, 1.54) is 22.3 Å². The van der Waals surface area contributed by atoms with E-state index < -0.39 is 11.4 Å². The summed E-state index contributed by atoms with van der Waals surface area (Å²) in [4.78, 5) is 22.4. The Morgan fingerprint density at radius 2 is 1.24 bits per heavy atom. The predicted molar refractivity (Wildman–Crippen MR) is 147 cm³/mol. The number of carbonyl (C=O) groups is 2. The number of esters is 1. The average Bonchev–Trinajstić information content (AvgIpc) is 3.26. The number of carbonyl (C=O) groups excluding carboxylic acids is 2. The molecule has 0 saturated heterocycles. The van der Waals surface area contributed by atoms with Gasteiger partial charge in [0, 0.05) is 5.57 Å². The molecule has 0 saturated carbocycles. The van der Waals surface area contributed by atoms with Gasteiger partial charge in [-0.1, -0.05) is 79.4 Å². The molecule has 5 rings (SSSR count). The van der Waals surface area contributed by atoms with Gasteiger partial charge in [-0.3, -0.25) is 4.79 Å². The van der Waals surface area contributed by atoms with Gasteiger partial charge in [-0.25, -0.2) is 4.79 Å². The van der Waals surface area contributed by atoms with Crippen LogP contribution in [-0.4, -0.2) is 32.1 Å². The van der Waals surface area contributed by atoms with Crippen LogP contribution in [0.3, 0.4) is 0 Å². The molecular formula is C33H28O5. The highest BCUT2D eigenvalue weighted by molar-refractivity contribution is 5.87. The fraction of sp³-hybridized carbons (Fsp3) is 0.152. The van der Waals surface area contributed by atoms with Crippen molar-refractivity contribution in [3.8, 4) is 22.6 Å². The minimum atomic E-state index is -0.550. The summed E-state index contributed by atoms with van der Waals surface area (Å²) >= 11 is 0. The molecule has 38 heavy (non-hydrogen) atoms. The largest absolute Gasteiger partial charge is 0.490 e. The lowest BCUT2D eigenvalue weighted by atomic mass is 9.68. The molecule has 190 valence electrons. The van der Waals surface area contributed by atoms with Crippen molar-refractivity contribution in [2.75, 3.05) is 19.8 Å². The fourth-order valence-corrected chi connectivity index (χ4v) is 5.17. The zero-order chi connectivity index (χ0) is 26.5. The van der Waals surface area contributed by atoms with E-state index in [1.807, 2.05) is 24.3 Å². The van der Waals surface area contributed by atoms with Crippen LogP contribution in [0.4, 0.5) is 0 Å². The van der Waals surface area contributed by atoms with E-state index in [-0.39, 0.29) is 19.8 Å². The molecule has 0 unspecified atom stereocenters. The smallest absolute Gasteiger partial charge is 0.333 e. The third kappa shape index (κ3) is 4.48. The molecule has 0 heterocycles. The second-order valence-electron chi connectivity index (χ2n) is 9.13. The van der Waals surface area contributed by atoms with Gasteiger partial charge in [0.05, 0.1) is 5.41 Å². The first kappa shape index (κ1) is 25.0. The van der Waals surface area contributed by atoms with E-state index in [0.717, 1.165) is 17.4 Å². The first-order chi connectivity index (χ1) is 18.6. The summed E-state index contributed by atoms with van der Waals surface area (Å²) in [6.45, 7) is 5.61. The van der Waals surface area contributed by atoms with Crippen LogP contribution in [0.25, 0.3) is 11.1 Å². The van der Waals surface area contributed by atoms with Crippen molar-refractivity contribution < 1.29 is 23.8 Å². The SMILES string of the molecule is C=C(C)C(=O)OCCOc1ccc(C2(c3ccc(OCC=O)cc3)c3ccccc3-c3ccccc32)cc1. The van der Waals surface area contributed by atoms with Crippen LogP contribution in [0.15, 0.2) is 109 Å². The van der Waals surface area contributed by atoms with Crippen molar-refractivity contribution in [3.05, 3.63) is 131 Å². The normalized spacial score (nSPS) is 12.7. The molecular weight excluding hydrogens is 476 g/mol. The summed E-state index contributed by atoms with van der Waals surface area (Å²) in [6.07, 6.45) is 0.743. The molecule has 5 nitrogen and oxygen atoms in total. The van der Waals surface area contributed by atoms with Crippen molar-refractivity contribution in [1.82, 2.24) is 0 Å². The van der Waals surface area contributed by atoms with Gasteiger partial charge < -0.3 is 14.2 Å². The van der Waals surface area contributed by atoms with Gasteiger partial charge in [-0.15, -0.1) is 0 Å². The van der Waals surface area contributed by atoms with E-state index in [2.05, 4.69) is 79.4 Å². The topological polar surface area (TPSA) is 61.8 Å². The van der Waals surface area contributed by atoms with Crippen molar-refractivity contribution in [2.45, 2.75) is 12.3 Å². The van der Waals surface area contributed by atoms with Crippen LogP contribution >= 0.6 is 0 Å².